The van der Waals surface area contributed by atoms with E-state index >= 15 is 0 Å². The molecule has 1 heterocycles. The van der Waals surface area contributed by atoms with E-state index in [0.717, 1.165) is 12.8 Å². The van der Waals surface area contributed by atoms with Gasteiger partial charge in [-0.25, -0.2) is 4.79 Å². The molecule has 0 aromatic heterocycles. The summed E-state index contributed by atoms with van der Waals surface area (Å²) in [5.41, 5.74) is 1.19. The highest BCUT2D eigenvalue weighted by Crippen LogP contribution is 2.18. The SMILES string of the molecule is CCCOC(=O)NC1=NCCC(c2ccccc2)N1. The lowest BCUT2D eigenvalue weighted by atomic mass is 10.0. The molecule has 0 radical (unpaired) electrons. The van der Waals surface area contributed by atoms with E-state index in [1.807, 2.05) is 25.1 Å². The van der Waals surface area contributed by atoms with Crippen molar-refractivity contribution in [1.82, 2.24) is 10.6 Å². The normalized spacial score (nSPS) is 18.2. The van der Waals surface area contributed by atoms with Crippen molar-refractivity contribution in [3.63, 3.8) is 0 Å². The van der Waals surface area contributed by atoms with Crippen LogP contribution in [0, 0.1) is 0 Å². The molecule has 0 fully saturated rings. The zero-order valence-electron chi connectivity index (χ0n) is 11.1. The van der Waals surface area contributed by atoms with Crippen molar-refractivity contribution in [2.24, 2.45) is 4.99 Å². The third-order valence-corrected chi connectivity index (χ3v) is 2.86. The summed E-state index contributed by atoms with van der Waals surface area (Å²) in [6, 6.07) is 10.3. The van der Waals surface area contributed by atoms with Crippen LogP contribution < -0.4 is 10.6 Å². The number of hydrogen-bond acceptors (Lipinski definition) is 4. The summed E-state index contributed by atoms with van der Waals surface area (Å²) in [6.45, 7) is 3.06. The molecule has 0 saturated carbocycles. The van der Waals surface area contributed by atoms with Crippen LogP contribution in [0.15, 0.2) is 35.3 Å². The van der Waals surface area contributed by atoms with Gasteiger partial charge >= 0.3 is 6.09 Å². The van der Waals surface area contributed by atoms with E-state index in [0.29, 0.717) is 19.1 Å². The Hall–Kier alpha value is -2.04. The van der Waals surface area contributed by atoms with Gasteiger partial charge in [-0.3, -0.25) is 10.3 Å². The maximum Gasteiger partial charge on any atom is 0.413 e. The first-order valence-corrected chi connectivity index (χ1v) is 6.59. The molecule has 102 valence electrons. The predicted molar refractivity (Wildman–Crippen MR) is 74.0 cm³/mol. The van der Waals surface area contributed by atoms with Crippen molar-refractivity contribution in [3.05, 3.63) is 35.9 Å². The molecular formula is C14H19N3O2. The summed E-state index contributed by atoms with van der Waals surface area (Å²) in [5, 5.41) is 5.85. The molecule has 0 bridgehead atoms. The molecule has 0 spiro atoms. The summed E-state index contributed by atoms with van der Waals surface area (Å²) >= 11 is 0. The Morgan fingerprint density at radius 2 is 2.26 bits per heavy atom. The minimum atomic E-state index is -0.457. The minimum Gasteiger partial charge on any atom is -0.449 e. The lowest BCUT2D eigenvalue weighted by Crippen LogP contribution is -2.45. The van der Waals surface area contributed by atoms with Crippen molar-refractivity contribution >= 4 is 12.1 Å². The number of aliphatic imine (C=N–C) groups is 1. The van der Waals surface area contributed by atoms with E-state index in [1.165, 1.54) is 5.56 Å². The highest BCUT2D eigenvalue weighted by Gasteiger charge is 2.18. The second-order valence-electron chi connectivity index (χ2n) is 4.39. The molecule has 1 amide bonds. The van der Waals surface area contributed by atoms with Crippen LogP contribution in [-0.2, 0) is 4.74 Å². The van der Waals surface area contributed by atoms with E-state index in [1.54, 1.807) is 0 Å². The van der Waals surface area contributed by atoms with Gasteiger partial charge in [-0.2, -0.15) is 0 Å². The molecule has 0 saturated heterocycles. The second kappa shape index (κ2) is 6.78. The number of ether oxygens (including phenoxy) is 1. The number of guanidine groups is 1. The van der Waals surface area contributed by atoms with Gasteiger partial charge in [0.2, 0.25) is 5.96 Å². The number of nitrogens with zero attached hydrogens (tertiary/aromatic N) is 1. The third-order valence-electron chi connectivity index (χ3n) is 2.86. The zero-order chi connectivity index (χ0) is 13.5. The molecule has 1 atom stereocenters. The molecule has 0 aliphatic carbocycles. The summed E-state index contributed by atoms with van der Waals surface area (Å²) < 4.78 is 4.96. The van der Waals surface area contributed by atoms with Crippen LogP contribution in [0.25, 0.3) is 0 Å². The van der Waals surface area contributed by atoms with Crippen LogP contribution in [0.4, 0.5) is 4.79 Å². The largest absolute Gasteiger partial charge is 0.449 e. The van der Waals surface area contributed by atoms with E-state index in [-0.39, 0.29) is 6.04 Å². The summed E-state index contributed by atoms with van der Waals surface area (Å²) in [6.07, 6.45) is 1.26. The summed E-state index contributed by atoms with van der Waals surface area (Å²) in [5.74, 6) is 0.487. The van der Waals surface area contributed by atoms with Crippen LogP contribution >= 0.6 is 0 Å². The highest BCUT2D eigenvalue weighted by molar-refractivity contribution is 5.94. The molecule has 2 rings (SSSR count). The molecule has 19 heavy (non-hydrogen) atoms. The van der Waals surface area contributed by atoms with Gasteiger partial charge < -0.3 is 10.1 Å². The molecule has 5 nitrogen and oxygen atoms in total. The van der Waals surface area contributed by atoms with Crippen LogP contribution in [0.5, 0.6) is 0 Å². The standard InChI is InChI=1S/C14H19N3O2/c1-2-10-19-14(18)17-13-15-9-8-12(16-13)11-6-4-3-5-7-11/h3-7,12H,2,8-10H2,1H3,(H2,15,16,17,18). The third kappa shape index (κ3) is 3.98. The first-order valence-electron chi connectivity index (χ1n) is 6.59. The van der Waals surface area contributed by atoms with E-state index in [4.69, 9.17) is 4.74 Å². The Kier molecular flexibility index (Phi) is 4.78. The molecule has 2 N–H and O–H groups in total. The van der Waals surface area contributed by atoms with Crippen LogP contribution in [-0.4, -0.2) is 25.2 Å². The van der Waals surface area contributed by atoms with Gasteiger partial charge in [0.05, 0.1) is 12.6 Å². The predicted octanol–water partition coefficient (Wildman–Crippen LogP) is 2.21. The summed E-state index contributed by atoms with van der Waals surface area (Å²) in [4.78, 5) is 15.7. The fourth-order valence-electron chi connectivity index (χ4n) is 1.93. The lowest BCUT2D eigenvalue weighted by molar-refractivity contribution is 0.151. The number of carbonyl (C=O) groups excluding carboxylic acids is 1. The number of benzene rings is 1. The number of amides is 1. The number of alkyl carbamates (subject to hydrolysis) is 1. The monoisotopic (exact) mass is 261 g/mol. The van der Waals surface area contributed by atoms with Gasteiger partial charge in [-0.05, 0) is 18.4 Å². The van der Waals surface area contributed by atoms with E-state index in [2.05, 4.69) is 27.8 Å². The quantitative estimate of drug-likeness (QED) is 0.877. The van der Waals surface area contributed by atoms with Crippen molar-refractivity contribution in [2.75, 3.05) is 13.2 Å². The number of carbonyl (C=O) groups is 1. The van der Waals surface area contributed by atoms with E-state index in [9.17, 15) is 4.79 Å². The Bertz CT molecular complexity index is 445. The Labute approximate surface area is 113 Å². The molecule has 1 aromatic carbocycles. The number of nitrogens with one attached hydrogen (secondary N) is 2. The smallest absolute Gasteiger partial charge is 0.413 e. The van der Waals surface area contributed by atoms with Gasteiger partial charge in [-0.1, -0.05) is 37.3 Å². The van der Waals surface area contributed by atoms with E-state index < -0.39 is 6.09 Å². The number of hydrogen-bond donors (Lipinski definition) is 2. The fourth-order valence-corrected chi connectivity index (χ4v) is 1.93. The Balaban J connectivity index is 1.90. The molecular weight excluding hydrogens is 242 g/mol. The first kappa shape index (κ1) is 13.4. The van der Waals surface area contributed by atoms with Crippen LogP contribution in [0.3, 0.4) is 0 Å². The molecule has 1 aromatic rings. The molecule has 5 heteroatoms. The maximum atomic E-state index is 11.5. The average Bonchev–Trinajstić information content (AvgIpc) is 2.46. The topological polar surface area (TPSA) is 62.7 Å². The van der Waals surface area contributed by atoms with Crippen LogP contribution in [0.1, 0.15) is 31.4 Å². The van der Waals surface area contributed by atoms with Gasteiger partial charge in [-0.15, -0.1) is 0 Å². The van der Waals surface area contributed by atoms with Crippen molar-refractivity contribution in [1.29, 1.82) is 0 Å². The van der Waals surface area contributed by atoms with Crippen LogP contribution in [0.2, 0.25) is 0 Å². The second-order valence-corrected chi connectivity index (χ2v) is 4.39. The molecule has 1 aliphatic heterocycles. The lowest BCUT2D eigenvalue weighted by Gasteiger charge is -2.24. The number of rotatable bonds is 3. The van der Waals surface area contributed by atoms with Crippen molar-refractivity contribution in [3.8, 4) is 0 Å². The van der Waals surface area contributed by atoms with Crippen molar-refractivity contribution in [2.45, 2.75) is 25.8 Å². The Morgan fingerprint density at radius 3 is 3.00 bits per heavy atom. The Morgan fingerprint density at radius 1 is 1.47 bits per heavy atom. The maximum absolute atomic E-state index is 11.5. The van der Waals surface area contributed by atoms with Crippen molar-refractivity contribution < 1.29 is 9.53 Å². The minimum absolute atomic E-state index is 0.181. The zero-order valence-corrected chi connectivity index (χ0v) is 11.1. The van der Waals surface area contributed by atoms with Gasteiger partial charge in [0, 0.05) is 6.54 Å². The molecule has 1 aliphatic rings. The summed E-state index contributed by atoms with van der Waals surface area (Å²) in [7, 11) is 0. The van der Waals surface area contributed by atoms with Gasteiger partial charge in [0.1, 0.15) is 0 Å². The van der Waals surface area contributed by atoms with Gasteiger partial charge in [0.25, 0.3) is 0 Å². The average molecular weight is 261 g/mol. The van der Waals surface area contributed by atoms with Gasteiger partial charge in [0.15, 0.2) is 0 Å². The molecule has 1 unspecified atom stereocenters. The fraction of sp³-hybridized carbons (Fsp3) is 0.429. The first-order chi connectivity index (χ1) is 9.29. The highest BCUT2D eigenvalue weighted by atomic mass is 16.5.